The van der Waals surface area contributed by atoms with Gasteiger partial charge in [-0.3, -0.25) is 5.43 Å². The van der Waals surface area contributed by atoms with E-state index >= 15 is 4.39 Å². The molecule has 3 nitrogen and oxygen atoms in total. The zero-order valence-electron chi connectivity index (χ0n) is 15.6. The molecule has 0 amide bonds. The van der Waals surface area contributed by atoms with Crippen molar-refractivity contribution in [2.24, 2.45) is 5.10 Å². The molecular weight excluding hydrogens is 346 g/mol. The average molecular weight is 369 g/mol. The molecule has 1 atom stereocenters. The van der Waals surface area contributed by atoms with Gasteiger partial charge in [0.05, 0.1) is 5.70 Å². The van der Waals surface area contributed by atoms with Crippen LogP contribution in [-0.4, -0.2) is 29.5 Å². The van der Waals surface area contributed by atoms with Crippen molar-refractivity contribution in [2.45, 2.75) is 45.8 Å². The molecule has 1 aromatic carbocycles. The number of nitrogens with one attached hydrogen (secondary N) is 1. The Morgan fingerprint density at radius 1 is 1.31 bits per heavy atom. The number of rotatable bonds is 3. The highest BCUT2D eigenvalue weighted by atomic mass is 19.4. The zero-order valence-corrected chi connectivity index (χ0v) is 15.6. The van der Waals surface area contributed by atoms with Gasteiger partial charge in [-0.25, -0.2) is 4.39 Å². The van der Waals surface area contributed by atoms with Crippen molar-refractivity contribution >= 4 is 11.5 Å². The lowest BCUT2D eigenvalue weighted by Crippen LogP contribution is -2.51. The molecule has 7 heteroatoms. The van der Waals surface area contributed by atoms with E-state index in [2.05, 4.69) is 17.1 Å². The van der Waals surface area contributed by atoms with Gasteiger partial charge in [-0.1, -0.05) is 13.0 Å². The average Bonchev–Trinajstić information content (AvgIpc) is 2.67. The predicted octanol–water partition coefficient (Wildman–Crippen LogP) is 4.86. The number of benzene rings is 1. The van der Waals surface area contributed by atoms with E-state index in [0.717, 1.165) is 41.1 Å². The van der Waals surface area contributed by atoms with E-state index in [0.29, 0.717) is 5.56 Å². The minimum absolute atomic E-state index is 0.0868. The van der Waals surface area contributed by atoms with Gasteiger partial charge in [0.2, 0.25) is 5.84 Å². The van der Waals surface area contributed by atoms with Gasteiger partial charge in [0, 0.05) is 12.6 Å². The molecule has 26 heavy (non-hydrogen) atoms. The maximum Gasteiger partial charge on any atom is 0.451 e. The highest BCUT2D eigenvalue weighted by Crippen LogP contribution is 2.37. The molecule has 0 aliphatic carbocycles. The zero-order chi connectivity index (χ0) is 19.9. The van der Waals surface area contributed by atoms with E-state index in [9.17, 15) is 13.2 Å². The van der Waals surface area contributed by atoms with Gasteiger partial charge in [-0.2, -0.15) is 18.3 Å². The smallest absolute Gasteiger partial charge is 0.339 e. The summed E-state index contributed by atoms with van der Waals surface area (Å²) in [5.41, 5.74) is 3.99. The van der Waals surface area contributed by atoms with E-state index in [4.69, 9.17) is 0 Å². The molecule has 0 saturated carbocycles. The Balaban J connectivity index is 2.73. The summed E-state index contributed by atoms with van der Waals surface area (Å²) in [7, 11) is 1.15. The molecule has 1 aromatic rings. The van der Waals surface area contributed by atoms with Crippen LogP contribution in [0.4, 0.5) is 17.6 Å². The lowest BCUT2D eigenvalue weighted by Gasteiger charge is -2.36. The van der Waals surface area contributed by atoms with Crippen LogP contribution in [-0.2, 0) is 6.42 Å². The van der Waals surface area contributed by atoms with Crippen LogP contribution in [0.5, 0.6) is 0 Å². The molecule has 0 spiro atoms. The second-order valence-corrected chi connectivity index (χ2v) is 6.58. The Morgan fingerprint density at radius 3 is 2.42 bits per heavy atom. The van der Waals surface area contributed by atoms with Crippen molar-refractivity contribution in [3.63, 3.8) is 0 Å². The number of halogens is 4. The van der Waals surface area contributed by atoms with Crippen LogP contribution < -0.4 is 5.43 Å². The highest BCUT2D eigenvalue weighted by Gasteiger charge is 2.48. The van der Waals surface area contributed by atoms with Crippen LogP contribution in [0, 0.1) is 13.8 Å². The van der Waals surface area contributed by atoms with Gasteiger partial charge in [0.1, 0.15) is 5.54 Å². The van der Waals surface area contributed by atoms with E-state index in [-0.39, 0.29) is 5.70 Å². The molecule has 1 aliphatic rings. The minimum atomic E-state index is -4.74. The van der Waals surface area contributed by atoms with Gasteiger partial charge in [0.15, 0.2) is 5.83 Å². The first-order valence-corrected chi connectivity index (χ1v) is 8.26. The summed E-state index contributed by atoms with van der Waals surface area (Å²) in [5, 5.41) is 3.46. The summed E-state index contributed by atoms with van der Waals surface area (Å²) < 4.78 is 55.5. The van der Waals surface area contributed by atoms with Crippen molar-refractivity contribution in [2.75, 3.05) is 7.05 Å². The molecule has 0 fully saturated rings. The number of amidine groups is 1. The van der Waals surface area contributed by atoms with Gasteiger partial charge in [-0.15, -0.1) is 6.58 Å². The third-order valence-corrected chi connectivity index (χ3v) is 5.05. The Bertz CT molecular complexity index is 793. The first-order chi connectivity index (χ1) is 12.0. The Morgan fingerprint density at radius 2 is 1.92 bits per heavy atom. The number of nitrogens with zero attached hydrogens (tertiary/aromatic N) is 2. The summed E-state index contributed by atoms with van der Waals surface area (Å²) in [6, 6.07) is 3.52. The first kappa shape index (κ1) is 20.0. The fraction of sp³-hybridized carbons (Fsp3) is 0.421. The molecule has 1 heterocycles. The van der Waals surface area contributed by atoms with E-state index < -0.39 is 23.4 Å². The van der Waals surface area contributed by atoms with Crippen LogP contribution >= 0.6 is 0 Å². The minimum Gasteiger partial charge on any atom is -0.339 e. The van der Waals surface area contributed by atoms with Gasteiger partial charge in [-0.05, 0) is 56.0 Å². The van der Waals surface area contributed by atoms with E-state index in [1.165, 1.54) is 6.92 Å². The summed E-state index contributed by atoms with van der Waals surface area (Å²) >= 11 is 0. The lowest BCUT2D eigenvalue weighted by molar-refractivity contribution is -0.0707. The maximum absolute atomic E-state index is 15.4. The number of hydrazone groups is 1. The van der Waals surface area contributed by atoms with Crippen molar-refractivity contribution in [1.29, 1.82) is 0 Å². The normalized spacial score (nSPS) is 21.3. The third kappa shape index (κ3) is 3.22. The van der Waals surface area contributed by atoms with E-state index in [1.807, 2.05) is 20.8 Å². The van der Waals surface area contributed by atoms with Crippen LogP contribution in [0.15, 0.2) is 35.7 Å². The van der Waals surface area contributed by atoms with Crippen LogP contribution in [0.3, 0.4) is 0 Å². The summed E-state index contributed by atoms with van der Waals surface area (Å²) in [6.07, 6.45) is -2.86. The Labute approximate surface area is 151 Å². The largest absolute Gasteiger partial charge is 0.451 e. The summed E-state index contributed by atoms with van der Waals surface area (Å²) in [4.78, 5) is 0.747. The quantitative estimate of drug-likeness (QED) is 0.609. The number of alkyl halides is 3. The van der Waals surface area contributed by atoms with Crippen LogP contribution in [0.2, 0.25) is 0 Å². The van der Waals surface area contributed by atoms with Crippen molar-refractivity contribution in [1.82, 2.24) is 10.3 Å². The molecular formula is C19H23F4N3. The second kappa shape index (κ2) is 6.78. The van der Waals surface area contributed by atoms with Crippen LogP contribution in [0.25, 0.3) is 5.70 Å². The fourth-order valence-electron chi connectivity index (χ4n) is 2.97. The van der Waals surface area contributed by atoms with Crippen molar-refractivity contribution in [3.05, 3.63) is 52.9 Å². The van der Waals surface area contributed by atoms with Gasteiger partial charge < -0.3 is 4.90 Å². The van der Waals surface area contributed by atoms with Gasteiger partial charge in [0.25, 0.3) is 0 Å². The first-order valence-electron chi connectivity index (χ1n) is 8.26. The fourth-order valence-corrected chi connectivity index (χ4v) is 2.97. The number of hydrogen-bond acceptors (Lipinski definition) is 3. The SMILES string of the molecule is C=C[C@]1(C)C(F)=C(c2cc(C)c(C)c(CC)c2)NN=C(C(F)(F)F)N1C. The van der Waals surface area contributed by atoms with Crippen LogP contribution in [0.1, 0.15) is 36.1 Å². The molecule has 0 unspecified atom stereocenters. The van der Waals surface area contributed by atoms with E-state index in [1.54, 1.807) is 12.1 Å². The lowest BCUT2D eigenvalue weighted by atomic mass is 9.92. The third-order valence-electron chi connectivity index (χ3n) is 5.05. The summed E-state index contributed by atoms with van der Waals surface area (Å²) in [6.45, 7) is 10.7. The van der Waals surface area contributed by atoms with Crippen molar-refractivity contribution < 1.29 is 17.6 Å². The Kier molecular flexibility index (Phi) is 5.21. The molecule has 2 rings (SSSR count). The topological polar surface area (TPSA) is 27.6 Å². The molecule has 1 aliphatic heterocycles. The number of hydrogen-bond donors (Lipinski definition) is 1. The standard InChI is InChI=1S/C19H23F4N3/c1-7-13-10-14(9-11(3)12(13)4)15-16(20)18(5,8-2)26(6)17(25-24-15)19(21,22)23/h8-10,24H,2,7H2,1,3-6H3/t18-/m1/s1. The second-order valence-electron chi connectivity index (χ2n) is 6.58. The number of likely N-dealkylation sites (N-methyl/N-ethyl adjacent to an activating group) is 1. The predicted molar refractivity (Wildman–Crippen MR) is 96.3 cm³/mol. The maximum atomic E-state index is 15.4. The number of aryl methyl sites for hydroxylation is 2. The molecule has 0 bridgehead atoms. The molecule has 142 valence electrons. The van der Waals surface area contributed by atoms with Gasteiger partial charge >= 0.3 is 6.18 Å². The summed E-state index contributed by atoms with van der Waals surface area (Å²) in [5.74, 6) is -1.99. The molecule has 0 aromatic heterocycles. The highest BCUT2D eigenvalue weighted by molar-refractivity contribution is 5.90. The molecule has 1 N–H and O–H groups in total. The van der Waals surface area contributed by atoms with Crippen molar-refractivity contribution in [3.8, 4) is 0 Å². The monoisotopic (exact) mass is 369 g/mol. The molecule has 0 radical (unpaired) electrons. The Hall–Kier alpha value is -2.31. The molecule has 0 saturated heterocycles.